The van der Waals surface area contributed by atoms with Crippen LogP contribution in [-0.2, 0) is 0 Å². The summed E-state index contributed by atoms with van der Waals surface area (Å²) in [6.07, 6.45) is 1.62. The van der Waals surface area contributed by atoms with Gasteiger partial charge < -0.3 is 10.1 Å². The number of nitrogens with zero attached hydrogens (tertiary/aromatic N) is 1. The average molecular weight is 338 g/mol. The number of pyridine rings is 1. The summed E-state index contributed by atoms with van der Waals surface area (Å²) in [5, 5.41) is 5.00. The lowest BCUT2D eigenvalue weighted by Gasteiger charge is -2.15. The van der Waals surface area contributed by atoms with Crippen LogP contribution in [-0.4, -0.2) is 18.0 Å². The number of carbonyl (C=O) groups excluding carboxylic acids is 1. The van der Waals surface area contributed by atoms with Crippen LogP contribution in [0.25, 0.3) is 10.6 Å². The van der Waals surface area contributed by atoms with E-state index < -0.39 is 0 Å². The number of amides is 1. The van der Waals surface area contributed by atoms with Crippen LogP contribution < -0.4 is 10.1 Å². The van der Waals surface area contributed by atoms with Crippen LogP contribution in [0.1, 0.15) is 28.9 Å². The van der Waals surface area contributed by atoms with Crippen molar-refractivity contribution in [2.24, 2.45) is 0 Å². The zero-order valence-corrected chi connectivity index (χ0v) is 14.3. The Morgan fingerprint density at radius 2 is 1.96 bits per heavy atom. The number of nitrogens with one attached hydrogen (secondary N) is 1. The second kappa shape index (κ2) is 7.27. The van der Waals surface area contributed by atoms with Crippen LogP contribution in [0.15, 0.2) is 60.1 Å². The quantitative estimate of drug-likeness (QED) is 0.754. The van der Waals surface area contributed by atoms with Crippen LogP contribution >= 0.6 is 11.3 Å². The number of hydrogen-bond donors (Lipinski definition) is 1. The van der Waals surface area contributed by atoms with E-state index in [4.69, 9.17) is 4.74 Å². The van der Waals surface area contributed by atoms with Gasteiger partial charge in [-0.25, -0.2) is 0 Å². The lowest BCUT2D eigenvalue weighted by Crippen LogP contribution is -2.26. The molecule has 0 saturated carbocycles. The summed E-state index contributed by atoms with van der Waals surface area (Å²) in [4.78, 5) is 17.8. The molecule has 4 nitrogen and oxygen atoms in total. The Bertz CT molecular complexity index is 796. The van der Waals surface area contributed by atoms with E-state index in [9.17, 15) is 4.79 Å². The highest BCUT2D eigenvalue weighted by molar-refractivity contribution is 7.13. The first-order valence-electron chi connectivity index (χ1n) is 7.62. The van der Waals surface area contributed by atoms with Crippen LogP contribution in [0.3, 0.4) is 0 Å². The molecule has 0 aliphatic rings. The van der Waals surface area contributed by atoms with Gasteiger partial charge in [0.25, 0.3) is 5.91 Å². The van der Waals surface area contributed by atoms with Gasteiger partial charge in [0.05, 0.1) is 29.3 Å². The number of thiophene rings is 1. The summed E-state index contributed by atoms with van der Waals surface area (Å²) in [5.74, 6) is 0.661. The molecule has 2 heterocycles. The Morgan fingerprint density at radius 3 is 2.54 bits per heavy atom. The molecule has 0 aliphatic carbocycles. The summed E-state index contributed by atoms with van der Waals surface area (Å²) < 4.78 is 5.15. The Morgan fingerprint density at radius 1 is 1.17 bits per heavy atom. The van der Waals surface area contributed by atoms with E-state index in [0.717, 1.165) is 21.9 Å². The zero-order valence-electron chi connectivity index (χ0n) is 13.5. The number of rotatable bonds is 5. The summed E-state index contributed by atoms with van der Waals surface area (Å²) in [7, 11) is 1.63. The highest BCUT2D eigenvalue weighted by Gasteiger charge is 2.12. The van der Waals surface area contributed by atoms with Gasteiger partial charge in [0.2, 0.25) is 0 Å². The van der Waals surface area contributed by atoms with E-state index in [-0.39, 0.29) is 11.9 Å². The molecule has 1 aromatic carbocycles. The summed E-state index contributed by atoms with van der Waals surface area (Å²) in [5.41, 5.74) is 2.45. The van der Waals surface area contributed by atoms with Crippen LogP contribution in [0, 0.1) is 0 Å². The number of carbonyl (C=O) groups is 1. The predicted octanol–water partition coefficient (Wildman–Crippen LogP) is 4.31. The Balaban J connectivity index is 1.67. The molecular weight excluding hydrogens is 320 g/mol. The first-order valence-corrected chi connectivity index (χ1v) is 8.50. The number of methoxy groups -OCH3 is 1. The van der Waals surface area contributed by atoms with Gasteiger partial charge in [-0.2, -0.15) is 0 Å². The van der Waals surface area contributed by atoms with E-state index in [1.165, 1.54) is 0 Å². The van der Waals surface area contributed by atoms with Gasteiger partial charge in [-0.05, 0) is 48.2 Å². The van der Waals surface area contributed by atoms with Crippen molar-refractivity contribution in [3.63, 3.8) is 0 Å². The third-order valence-electron chi connectivity index (χ3n) is 3.76. The minimum atomic E-state index is -0.136. The van der Waals surface area contributed by atoms with Crippen molar-refractivity contribution < 1.29 is 9.53 Å². The molecule has 0 aliphatic heterocycles. The zero-order chi connectivity index (χ0) is 16.9. The first kappa shape index (κ1) is 16.2. The van der Waals surface area contributed by atoms with Crippen molar-refractivity contribution >= 4 is 17.2 Å². The number of aromatic nitrogens is 1. The van der Waals surface area contributed by atoms with Crippen LogP contribution in [0.5, 0.6) is 5.75 Å². The van der Waals surface area contributed by atoms with Gasteiger partial charge in [-0.1, -0.05) is 18.2 Å². The lowest BCUT2D eigenvalue weighted by atomic mass is 10.1. The monoisotopic (exact) mass is 338 g/mol. The SMILES string of the molecule is COc1ccc([C@@H](C)NC(=O)c2ccc(-c3cccs3)nc2)cc1. The van der Waals surface area contributed by atoms with Crippen LogP contribution in [0.4, 0.5) is 0 Å². The minimum absolute atomic E-state index is 0.0969. The molecule has 0 saturated heterocycles. The molecule has 1 N–H and O–H groups in total. The number of ether oxygens (including phenoxy) is 1. The van der Waals surface area contributed by atoms with E-state index in [1.807, 2.05) is 54.8 Å². The van der Waals surface area contributed by atoms with Gasteiger partial charge >= 0.3 is 0 Å². The fourth-order valence-electron chi connectivity index (χ4n) is 2.35. The van der Waals surface area contributed by atoms with Gasteiger partial charge in [0.1, 0.15) is 5.75 Å². The van der Waals surface area contributed by atoms with Gasteiger partial charge in [0, 0.05) is 6.20 Å². The standard InChI is InChI=1S/C19H18N2O2S/c1-13(14-5-8-16(23-2)9-6-14)21-19(22)15-7-10-17(20-12-15)18-4-3-11-24-18/h3-13H,1-2H3,(H,21,22)/t13-/m1/s1. The third kappa shape index (κ3) is 3.63. The molecular formula is C19H18N2O2S. The minimum Gasteiger partial charge on any atom is -0.497 e. The molecule has 5 heteroatoms. The second-order valence-electron chi connectivity index (χ2n) is 5.38. The fraction of sp³-hybridized carbons (Fsp3) is 0.158. The molecule has 3 rings (SSSR count). The van der Waals surface area contributed by atoms with Crippen LogP contribution in [0.2, 0.25) is 0 Å². The summed E-state index contributed by atoms with van der Waals surface area (Å²) >= 11 is 1.63. The molecule has 0 unspecified atom stereocenters. The van der Waals surface area contributed by atoms with Crippen molar-refractivity contribution in [3.05, 3.63) is 71.2 Å². The number of hydrogen-bond acceptors (Lipinski definition) is 4. The Kier molecular flexibility index (Phi) is 4.91. The average Bonchev–Trinajstić information content (AvgIpc) is 3.16. The Hall–Kier alpha value is -2.66. The molecule has 0 bridgehead atoms. The van der Waals surface area contributed by atoms with Crippen molar-refractivity contribution in [3.8, 4) is 16.3 Å². The van der Waals surface area contributed by atoms with Gasteiger partial charge in [0.15, 0.2) is 0 Å². The number of benzene rings is 1. The maximum atomic E-state index is 12.4. The normalized spacial score (nSPS) is 11.8. The highest BCUT2D eigenvalue weighted by atomic mass is 32.1. The molecule has 0 spiro atoms. The molecule has 0 fully saturated rings. The van der Waals surface area contributed by atoms with Gasteiger partial charge in [-0.3, -0.25) is 9.78 Å². The molecule has 122 valence electrons. The predicted molar refractivity (Wildman–Crippen MR) is 96.4 cm³/mol. The van der Waals surface area contributed by atoms with Crippen molar-refractivity contribution in [1.82, 2.24) is 10.3 Å². The molecule has 1 atom stereocenters. The van der Waals surface area contributed by atoms with Crippen molar-refractivity contribution in [2.75, 3.05) is 7.11 Å². The van der Waals surface area contributed by atoms with E-state index in [0.29, 0.717) is 5.56 Å². The maximum Gasteiger partial charge on any atom is 0.253 e. The summed E-state index contributed by atoms with van der Waals surface area (Å²) in [6.45, 7) is 1.95. The van der Waals surface area contributed by atoms with Crippen molar-refractivity contribution in [2.45, 2.75) is 13.0 Å². The van der Waals surface area contributed by atoms with E-state index >= 15 is 0 Å². The maximum absolute atomic E-state index is 12.4. The van der Waals surface area contributed by atoms with E-state index in [2.05, 4.69) is 10.3 Å². The van der Waals surface area contributed by atoms with E-state index in [1.54, 1.807) is 30.7 Å². The second-order valence-corrected chi connectivity index (χ2v) is 6.33. The fourth-order valence-corrected chi connectivity index (χ4v) is 3.06. The summed E-state index contributed by atoms with van der Waals surface area (Å²) in [6, 6.07) is 15.2. The Labute approximate surface area is 145 Å². The molecule has 0 radical (unpaired) electrons. The lowest BCUT2D eigenvalue weighted by molar-refractivity contribution is 0.0939. The molecule has 24 heavy (non-hydrogen) atoms. The molecule has 3 aromatic rings. The van der Waals surface area contributed by atoms with Crippen molar-refractivity contribution in [1.29, 1.82) is 0 Å². The topological polar surface area (TPSA) is 51.2 Å². The van der Waals surface area contributed by atoms with Gasteiger partial charge in [-0.15, -0.1) is 11.3 Å². The third-order valence-corrected chi connectivity index (χ3v) is 4.66. The highest BCUT2D eigenvalue weighted by Crippen LogP contribution is 2.22. The molecule has 1 amide bonds. The largest absolute Gasteiger partial charge is 0.497 e. The first-order chi connectivity index (χ1) is 11.7. The molecule has 2 aromatic heterocycles. The smallest absolute Gasteiger partial charge is 0.253 e.